The highest BCUT2D eigenvalue weighted by Crippen LogP contribution is 2.36. The fraction of sp³-hybridized carbons (Fsp3) is 0.273. The molecule has 1 aliphatic rings. The molecule has 26 heavy (non-hydrogen) atoms. The van der Waals surface area contributed by atoms with E-state index in [9.17, 15) is 4.39 Å². The summed E-state index contributed by atoms with van der Waals surface area (Å²) in [4.78, 5) is 10.6. The summed E-state index contributed by atoms with van der Waals surface area (Å²) >= 11 is 0. The molecule has 0 radical (unpaired) electrons. The minimum atomic E-state index is -0.149. The highest BCUT2D eigenvalue weighted by molar-refractivity contribution is 5.63. The number of pyridine rings is 2. The Bertz CT molecular complexity index is 867. The van der Waals surface area contributed by atoms with Gasteiger partial charge in [-0.1, -0.05) is 25.1 Å². The number of benzene rings is 1. The van der Waals surface area contributed by atoms with Gasteiger partial charge in [-0.05, 0) is 53.3 Å². The van der Waals surface area contributed by atoms with Crippen molar-refractivity contribution in [2.24, 2.45) is 5.92 Å². The van der Waals surface area contributed by atoms with Crippen LogP contribution in [-0.2, 0) is 6.54 Å². The Balaban J connectivity index is 1.56. The van der Waals surface area contributed by atoms with Crippen molar-refractivity contribution in [1.29, 1.82) is 0 Å². The summed E-state index contributed by atoms with van der Waals surface area (Å²) in [6.45, 7) is 3.85. The largest absolute Gasteiger partial charge is 0.292 e. The van der Waals surface area contributed by atoms with Gasteiger partial charge in [-0.2, -0.15) is 0 Å². The Morgan fingerprint density at radius 2 is 1.88 bits per heavy atom. The van der Waals surface area contributed by atoms with Crippen LogP contribution in [0.4, 0.5) is 4.39 Å². The molecule has 0 saturated carbocycles. The SMILES string of the molecule is C[C@H]1C[C@H](c2cccnc2)N(Cc2ccc(-c3ccncc3)cc2F)C1. The average molecular weight is 347 g/mol. The summed E-state index contributed by atoms with van der Waals surface area (Å²) in [6.07, 6.45) is 8.27. The predicted octanol–water partition coefficient (Wildman–Crippen LogP) is 4.87. The lowest BCUT2D eigenvalue weighted by atomic mass is 10.0. The smallest absolute Gasteiger partial charge is 0.128 e. The van der Waals surface area contributed by atoms with Crippen molar-refractivity contribution in [2.45, 2.75) is 25.9 Å². The van der Waals surface area contributed by atoms with Crippen molar-refractivity contribution < 1.29 is 4.39 Å². The Morgan fingerprint density at radius 3 is 2.62 bits per heavy atom. The maximum atomic E-state index is 14.8. The molecule has 3 aromatic rings. The van der Waals surface area contributed by atoms with Gasteiger partial charge in [0.2, 0.25) is 0 Å². The van der Waals surface area contributed by atoms with Crippen LogP contribution in [0.5, 0.6) is 0 Å². The highest BCUT2D eigenvalue weighted by atomic mass is 19.1. The third-order valence-electron chi connectivity index (χ3n) is 5.12. The van der Waals surface area contributed by atoms with Crippen LogP contribution in [0.3, 0.4) is 0 Å². The molecule has 0 aliphatic carbocycles. The maximum absolute atomic E-state index is 14.8. The number of likely N-dealkylation sites (tertiary alicyclic amines) is 1. The number of rotatable bonds is 4. The van der Waals surface area contributed by atoms with Crippen molar-refractivity contribution in [3.05, 3.63) is 84.2 Å². The molecule has 2 atom stereocenters. The van der Waals surface area contributed by atoms with Gasteiger partial charge in [0.25, 0.3) is 0 Å². The van der Waals surface area contributed by atoms with Gasteiger partial charge in [-0.3, -0.25) is 14.9 Å². The van der Waals surface area contributed by atoms with Crippen molar-refractivity contribution >= 4 is 0 Å². The quantitative estimate of drug-likeness (QED) is 0.674. The van der Waals surface area contributed by atoms with E-state index in [0.717, 1.165) is 29.7 Å². The second kappa shape index (κ2) is 7.34. The maximum Gasteiger partial charge on any atom is 0.128 e. The van der Waals surface area contributed by atoms with Gasteiger partial charge >= 0.3 is 0 Å². The molecule has 4 rings (SSSR count). The molecule has 0 spiro atoms. The molecule has 4 heteroatoms. The Hall–Kier alpha value is -2.59. The molecule has 0 unspecified atom stereocenters. The van der Waals surface area contributed by atoms with Crippen LogP contribution in [0.1, 0.15) is 30.5 Å². The second-order valence-corrected chi connectivity index (χ2v) is 7.11. The van der Waals surface area contributed by atoms with Crippen LogP contribution in [0.25, 0.3) is 11.1 Å². The lowest BCUT2D eigenvalue weighted by Gasteiger charge is -2.25. The number of hydrogen-bond donors (Lipinski definition) is 0. The first kappa shape index (κ1) is 16.9. The van der Waals surface area contributed by atoms with Crippen LogP contribution in [0.2, 0.25) is 0 Å². The molecular formula is C22H22FN3. The number of hydrogen-bond acceptors (Lipinski definition) is 3. The van der Waals surface area contributed by atoms with Gasteiger partial charge in [-0.25, -0.2) is 4.39 Å². The van der Waals surface area contributed by atoms with Crippen LogP contribution in [0, 0.1) is 11.7 Å². The van der Waals surface area contributed by atoms with E-state index in [-0.39, 0.29) is 5.82 Å². The van der Waals surface area contributed by atoms with Crippen LogP contribution < -0.4 is 0 Å². The van der Waals surface area contributed by atoms with Gasteiger partial charge in [0.15, 0.2) is 0 Å². The van der Waals surface area contributed by atoms with Crippen LogP contribution >= 0.6 is 0 Å². The average Bonchev–Trinajstić information content (AvgIpc) is 3.05. The molecule has 1 aromatic carbocycles. The van der Waals surface area contributed by atoms with Gasteiger partial charge in [-0.15, -0.1) is 0 Å². The first-order chi connectivity index (χ1) is 12.7. The van der Waals surface area contributed by atoms with E-state index in [1.807, 2.05) is 36.5 Å². The van der Waals surface area contributed by atoms with Crippen molar-refractivity contribution in [3.63, 3.8) is 0 Å². The van der Waals surface area contributed by atoms with Gasteiger partial charge in [0.1, 0.15) is 5.82 Å². The summed E-state index contributed by atoms with van der Waals surface area (Å²) in [5.74, 6) is 0.447. The number of nitrogens with zero attached hydrogens (tertiary/aromatic N) is 3. The number of halogens is 1. The van der Waals surface area contributed by atoms with E-state index >= 15 is 0 Å². The lowest BCUT2D eigenvalue weighted by Crippen LogP contribution is -2.24. The molecule has 0 bridgehead atoms. The minimum absolute atomic E-state index is 0.149. The molecule has 1 aliphatic heterocycles. The molecule has 3 nitrogen and oxygen atoms in total. The summed E-state index contributed by atoms with van der Waals surface area (Å²) in [6, 6.07) is 13.7. The molecule has 132 valence electrons. The third kappa shape index (κ3) is 3.51. The van der Waals surface area contributed by atoms with E-state index < -0.39 is 0 Å². The monoisotopic (exact) mass is 347 g/mol. The molecule has 1 saturated heterocycles. The van der Waals surface area contributed by atoms with E-state index in [0.29, 0.717) is 18.5 Å². The first-order valence-corrected chi connectivity index (χ1v) is 9.03. The fourth-order valence-corrected chi connectivity index (χ4v) is 3.85. The van der Waals surface area contributed by atoms with Crippen molar-refractivity contribution in [1.82, 2.24) is 14.9 Å². The number of aromatic nitrogens is 2. The van der Waals surface area contributed by atoms with Gasteiger partial charge in [0.05, 0.1) is 0 Å². The zero-order valence-corrected chi connectivity index (χ0v) is 14.8. The zero-order valence-electron chi connectivity index (χ0n) is 14.8. The molecule has 3 heterocycles. The molecule has 0 N–H and O–H groups in total. The van der Waals surface area contributed by atoms with E-state index in [1.54, 1.807) is 24.7 Å². The van der Waals surface area contributed by atoms with Crippen LogP contribution in [0.15, 0.2) is 67.3 Å². The highest BCUT2D eigenvalue weighted by Gasteiger charge is 2.31. The normalized spacial score (nSPS) is 20.4. The van der Waals surface area contributed by atoms with Crippen molar-refractivity contribution in [2.75, 3.05) is 6.54 Å². The molecular weight excluding hydrogens is 325 g/mol. The minimum Gasteiger partial charge on any atom is -0.292 e. The Kier molecular flexibility index (Phi) is 4.76. The Morgan fingerprint density at radius 1 is 1.04 bits per heavy atom. The van der Waals surface area contributed by atoms with E-state index in [2.05, 4.69) is 27.9 Å². The van der Waals surface area contributed by atoms with Gasteiger partial charge < -0.3 is 0 Å². The summed E-state index contributed by atoms with van der Waals surface area (Å²) in [5, 5.41) is 0. The molecule has 2 aromatic heterocycles. The zero-order chi connectivity index (χ0) is 17.9. The second-order valence-electron chi connectivity index (χ2n) is 7.11. The standard InChI is InChI=1S/C22H22FN3/c1-16-11-22(19-3-2-8-25-13-19)26(14-16)15-20-5-4-18(12-21(20)23)17-6-9-24-10-7-17/h2-10,12-13,16,22H,11,14-15H2,1H3/t16-,22+/m0/s1. The topological polar surface area (TPSA) is 29.0 Å². The first-order valence-electron chi connectivity index (χ1n) is 9.03. The van der Waals surface area contributed by atoms with Crippen molar-refractivity contribution in [3.8, 4) is 11.1 Å². The fourth-order valence-electron chi connectivity index (χ4n) is 3.85. The summed E-state index contributed by atoms with van der Waals surface area (Å²) in [7, 11) is 0. The Labute approximate surface area is 153 Å². The van der Waals surface area contributed by atoms with Gasteiger partial charge in [0, 0.05) is 49.5 Å². The van der Waals surface area contributed by atoms with E-state index in [4.69, 9.17) is 0 Å². The third-order valence-corrected chi connectivity index (χ3v) is 5.12. The lowest BCUT2D eigenvalue weighted by molar-refractivity contribution is 0.241. The summed E-state index contributed by atoms with van der Waals surface area (Å²) in [5.41, 5.74) is 3.82. The van der Waals surface area contributed by atoms with E-state index in [1.165, 1.54) is 5.56 Å². The molecule has 1 fully saturated rings. The summed E-state index contributed by atoms with van der Waals surface area (Å²) < 4.78 is 14.8. The predicted molar refractivity (Wildman–Crippen MR) is 101 cm³/mol. The van der Waals surface area contributed by atoms with Crippen LogP contribution in [-0.4, -0.2) is 21.4 Å². The molecule has 0 amide bonds.